The zero-order chi connectivity index (χ0) is 15.6. The van der Waals surface area contributed by atoms with Crippen molar-refractivity contribution < 1.29 is 9.18 Å². The highest BCUT2D eigenvalue weighted by Crippen LogP contribution is 2.25. The standard InChI is InChI=1S/C16H14Br2FNO/c1-16(2,10-6-8-11(17)9-7-10)20-15(21)14-12(18)4-3-5-13(14)19/h3-9H,1-2H3,(H,20,21). The first kappa shape index (κ1) is 16.2. The predicted molar refractivity (Wildman–Crippen MR) is 88.7 cm³/mol. The summed E-state index contributed by atoms with van der Waals surface area (Å²) in [6, 6.07) is 12.1. The second-order valence-corrected chi connectivity index (χ2v) is 6.95. The van der Waals surface area contributed by atoms with Gasteiger partial charge in [-0.1, -0.05) is 34.1 Å². The van der Waals surface area contributed by atoms with E-state index >= 15 is 0 Å². The number of carbonyl (C=O) groups excluding carboxylic acids is 1. The van der Waals surface area contributed by atoms with Crippen LogP contribution in [0.25, 0.3) is 0 Å². The molecule has 0 atom stereocenters. The third kappa shape index (κ3) is 3.71. The summed E-state index contributed by atoms with van der Waals surface area (Å²) < 4.78 is 15.2. The van der Waals surface area contributed by atoms with Crippen LogP contribution in [0.5, 0.6) is 0 Å². The number of rotatable bonds is 3. The Hall–Kier alpha value is -1.20. The maximum Gasteiger partial charge on any atom is 0.256 e. The number of nitrogens with one attached hydrogen (secondary N) is 1. The lowest BCUT2D eigenvalue weighted by Gasteiger charge is -2.27. The molecule has 0 fully saturated rings. The Kier molecular flexibility index (Phi) is 4.84. The molecule has 2 nitrogen and oxygen atoms in total. The molecule has 0 saturated carbocycles. The van der Waals surface area contributed by atoms with Gasteiger partial charge in [-0.15, -0.1) is 0 Å². The molecule has 0 heterocycles. The summed E-state index contributed by atoms with van der Waals surface area (Å²) >= 11 is 6.59. The second-order valence-electron chi connectivity index (χ2n) is 5.18. The number of hydrogen-bond donors (Lipinski definition) is 1. The van der Waals surface area contributed by atoms with Gasteiger partial charge < -0.3 is 5.32 Å². The van der Waals surface area contributed by atoms with Crippen molar-refractivity contribution in [1.82, 2.24) is 5.32 Å². The van der Waals surface area contributed by atoms with Crippen molar-refractivity contribution in [3.63, 3.8) is 0 Å². The van der Waals surface area contributed by atoms with Crippen LogP contribution in [0.4, 0.5) is 4.39 Å². The third-order valence-corrected chi connectivity index (χ3v) is 4.37. The highest BCUT2D eigenvalue weighted by molar-refractivity contribution is 9.10. The van der Waals surface area contributed by atoms with Crippen molar-refractivity contribution in [2.45, 2.75) is 19.4 Å². The van der Waals surface area contributed by atoms with Gasteiger partial charge in [-0.3, -0.25) is 4.79 Å². The molecule has 110 valence electrons. The topological polar surface area (TPSA) is 29.1 Å². The van der Waals surface area contributed by atoms with E-state index in [9.17, 15) is 9.18 Å². The van der Waals surface area contributed by atoms with Crippen LogP contribution in [-0.4, -0.2) is 5.91 Å². The molecule has 0 bridgehead atoms. The van der Waals surface area contributed by atoms with Crippen LogP contribution < -0.4 is 5.32 Å². The molecule has 0 aromatic heterocycles. The Morgan fingerprint density at radius 3 is 2.29 bits per heavy atom. The molecule has 2 aromatic carbocycles. The van der Waals surface area contributed by atoms with Gasteiger partial charge in [0.1, 0.15) is 5.82 Å². The molecule has 2 aromatic rings. The second kappa shape index (κ2) is 6.28. The van der Waals surface area contributed by atoms with E-state index in [1.807, 2.05) is 38.1 Å². The molecule has 0 radical (unpaired) electrons. The zero-order valence-electron chi connectivity index (χ0n) is 11.6. The summed E-state index contributed by atoms with van der Waals surface area (Å²) in [4.78, 5) is 12.4. The quantitative estimate of drug-likeness (QED) is 0.750. The smallest absolute Gasteiger partial charge is 0.256 e. The SMILES string of the molecule is CC(C)(NC(=O)c1c(F)cccc1Br)c1ccc(Br)cc1. The van der Waals surface area contributed by atoms with E-state index in [0.717, 1.165) is 10.0 Å². The Balaban J connectivity index is 2.28. The largest absolute Gasteiger partial charge is 0.343 e. The fraction of sp³-hybridized carbons (Fsp3) is 0.188. The minimum absolute atomic E-state index is 0.0164. The number of hydrogen-bond acceptors (Lipinski definition) is 1. The van der Waals surface area contributed by atoms with Crippen molar-refractivity contribution in [2.24, 2.45) is 0 Å². The van der Waals surface area contributed by atoms with Gasteiger partial charge in [0.05, 0.1) is 11.1 Å². The van der Waals surface area contributed by atoms with E-state index < -0.39 is 17.3 Å². The Bertz CT molecular complexity index is 648. The molecular formula is C16H14Br2FNO. The van der Waals surface area contributed by atoms with E-state index in [1.165, 1.54) is 6.07 Å². The van der Waals surface area contributed by atoms with Crippen LogP contribution in [0.2, 0.25) is 0 Å². The Morgan fingerprint density at radius 2 is 1.71 bits per heavy atom. The Labute approximate surface area is 140 Å². The lowest BCUT2D eigenvalue weighted by molar-refractivity contribution is 0.0907. The molecule has 1 N–H and O–H groups in total. The average molecular weight is 415 g/mol. The third-order valence-electron chi connectivity index (χ3n) is 3.18. The summed E-state index contributed by atoms with van der Waals surface area (Å²) in [7, 11) is 0. The maximum atomic E-state index is 13.8. The molecule has 0 unspecified atom stereocenters. The van der Waals surface area contributed by atoms with Crippen LogP contribution >= 0.6 is 31.9 Å². The van der Waals surface area contributed by atoms with Crippen LogP contribution in [0.3, 0.4) is 0 Å². The van der Waals surface area contributed by atoms with Gasteiger partial charge in [-0.2, -0.15) is 0 Å². The fourth-order valence-electron chi connectivity index (χ4n) is 2.00. The maximum absolute atomic E-state index is 13.8. The first-order chi connectivity index (χ1) is 9.81. The molecule has 5 heteroatoms. The summed E-state index contributed by atoms with van der Waals surface area (Å²) in [6.45, 7) is 3.76. The molecule has 0 aliphatic carbocycles. The normalized spacial score (nSPS) is 11.3. The van der Waals surface area contributed by atoms with Crippen molar-refractivity contribution in [1.29, 1.82) is 0 Å². The van der Waals surface area contributed by atoms with E-state index in [2.05, 4.69) is 37.2 Å². The van der Waals surface area contributed by atoms with E-state index in [1.54, 1.807) is 12.1 Å². The fourth-order valence-corrected chi connectivity index (χ4v) is 2.79. The van der Waals surface area contributed by atoms with Gasteiger partial charge in [-0.05, 0) is 59.6 Å². The molecule has 0 aliphatic heterocycles. The lowest BCUT2D eigenvalue weighted by atomic mass is 9.94. The molecule has 0 aliphatic rings. The van der Waals surface area contributed by atoms with Gasteiger partial charge in [0.25, 0.3) is 5.91 Å². The van der Waals surface area contributed by atoms with Crippen molar-refractivity contribution in [3.05, 3.63) is 68.4 Å². The van der Waals surface area contributed by atoms with Crippen molar-refractivity contribution in [2.75, 3.05) is 0 Å². The number of amides is 1. The molecule has 21 heavy (non-hydrogen) atoms. The van der Waals surface area contributed by atoms with Crippen molar-refractivity contribution >= 4 is 37.8 Å². The summed E-state index contributed by atoms with van der Waals surface area (Å²) in [5.74, 6) is -0.999. The summed E-state index contributed by atoms with van der Waals surface area (Å²) in [5.41, 5.74) is 0.341. The molecular weight excluding hydrogens is 401 g/mol. The van der Waals surface area contributed by atoms with E-state index in [4.69, 9.17) is 0 Å². The number of benzene rings is 2. The van der Waals surface area contributed by atoms with Crippen LogP contribution in [-0.2, 0) is 5.54 Å². The summed E-state index contributed by atoms with van der Waals surface area (Å²) in [5, 5.41) is 2.87. The number of carbonyl (C=O) groups is 1. The van der Waals surface area contributed by atoms with Gasteiger partial charge in [0.15, 0.2) is 0 Å². The number of halogens is 3. The van der Waals surface area contributed by atoms with Gasteiger partial charge in [-0.25, -0.2) is 4.39 Å². The first-order valence-electron chi connectivity index (χ1n) is 6.34. The highest BCUT2D eigenvalue weighted by atomic mass is 79.9. The average Bonchev–Trinajstić information content (AvgIpc) is 2.38. The lowest BCUT2D eigenvalue weighted by Crippen LogP contribution is -2.41. The minimum Gasteiger partial charge on any atom is -0.343 e. The zero-order valence-corrected chi connectivity index (χ0v) is 14.8. The Morgan fingerprint density at radius 1 is 1.10 bits per heavy atom. The van der Waals surface area contributed by atoms with E-state index in [0.29, 0.717) is 4.47 Å². The van der Waals surface area contributed by atoms with Gasteiger partial charge >= 0.3 is 0 Å². The monoisotopic (exact) mass is 413 g/mol. The molecule has 0 spiro atoms. The van der Waals surface area contributed by atoms with Crippen molar-refractivity contribution in [3.8, 4) is 0 Å². The minimum atomic E-state index is -0.612. The van der Waals surface area contributed by atoms with Gasteiger partial charge in [0.2, 0.25) is 0 Å². The van der Waals surface area contributed by atoms with Crippen LogP contribution in [0, 0.1) is 5.82 Å². The molecule has 1 amide bonds. The first-order valence-corrected chi connectivity index (χ1v) is 7.92. The van der Waals surface area contributed by atoms with Gasteiger partial charge in [0, 0.05) is 8.95 Å². The molecule has 0 saturated heterocycles. The predicted octanol–water partition coefficient (Wildman–Crippen LogP) is 5.02. The van der Waals surface area contributed by atoms with E-state index in [-0.39, 0.29) is 5.56 Å². The van der Waals surface area contributed by atoms with Crippen LogP contribution in [0.1, 0.15) is 29.8 Å². The van der Waals surface area contributed by atoms with Crippen LogP contribution in [0.15, 0.2) is 51.4 Å². The molecule has 2 rings (SSSR count). The summed E-state index contributed by atoms with van der Waals surface area (Å²) in [6.07, 6.45) is 0. The highest BCUT2D eigenvalue weighted by Gasteiger charge is 2.25.